The second kappa shape index (κ2) is 14.4. The van der Waals surface area contributed by atoms with Crippen molar-refractivity contribution < 1.29 is 33.0 Å². The topological polar surface area (TPSA) is 98.5 Å². The molecule has 0 fully saturated rings. The summed E-state index contributed by atoms with van der Waals surface area (Å²) in [6.07, 6.45) is 4.42. The number of ether oxygens (including phenoxy) is 3. The van der Waals surface area contributed by atoms with Crippen LogP contribution in [-0.2, 0) is 16.0 Å². The van der Waals surface area contributed by atoms with E-state index in [0.717, 1.165) is 29.1 Å². The minimum atomic E-state index is -0.716. The number of aldehydes is 2. The molecule has 0 amide bonds. The van der Waals surface area contributed by atoms with Crippen LogP contribution in [0.25, 0.3) is 22.1 Å². The van der Waals surface area contributed by atoms with Crippen LogP contribution in [0, 0.1) is 0 Å². The first-order valence-electron chi connectivity index (χ1n) is 15.3. The van der Waals surface area contributed by atoms with Crippen molar-refractivity contribution in [2.75, 3.05) is 26.2 Å². The van der Waals surface area contributed by atoms with Crippen molar-refractivity contribution >= 4 is 29.3 Å². The Morgan fingerprint density at radius 1 is 0.822 bits per heavy atom. The van der Waals surface area contributed by atoms with Crippen molar-refractivity contribution in [3.05, 3.63) is 89.9 Å². The summed E-state index contributed by atoms with van der Waals surface area (Å²) in [6, 6.07) is 17.8. The number of rotatable bonds is 15. The van der Waals surface area contributed by atoms with Crippen LogP contribution in [0.3, 0.4) is 0 Å². The maximum atomic E-state index is 14.0. The lowest BCUT2D eigenvalue weighted by atomic mass is 9.96. The quantitative estimate of drug-likeness (QED) is 0.0876. The molecule has 0 N–H and O–H groups in total. The number of carbonyl (C=O) groups excluding carboxylic acids is 3. The number of nitrogens with zero attached hydrogens (tertiary/aromatic N) is 2. The molecule has 3 aromatic carbocycles. The van der Waals surface area contributed by atoms with Gasteiger partial charge in [-0.15, -0.1) is 0 Å². The zero-order chi connectivity index (χ0) is 31.9. The van der Waals surface area contributed by atoms with E-state index in [-0.39, 0.29) is 11.5 Å². The Morgan fingerprint density at radius 3 is 1.91 bits per heavy atom. The second-order valence-corrected chi connectivity index (χ2v) is 10.6. The molecule has 0 saturated carbocycles. The Labute approximate surface area is 263 Å². The zero-order valence-corrected chi connectivity index (χ0v) is 26.0. The number of likely N-dealkylation sites (N-methyl/N-ethyl adjacent to an activating group) is 2. The summed E-state index contributed by atoms with van der Waals surface area (Å²) >= 11 is 0. The molecule has 4 aromatic rings. The van der Waals surface area contributed by atoms with Gasteiger partial charge in [0.15, 0.2) is 18.3 Å². The third-order valence-electron chi connectivity index (χ3n) is 8.06. The van der Waals surface area contributed by atoms with E-state index in [2.05, 4.69) is 0 Å². The molecule has 2 atom stereocenters. The number of hydrogen-bond donors (Lipinski definition) is 0. The average molecular weight is 611 g/mol. The molecule has 0 bridgehead atoms. The van der Waals surface area contributed by atoms with Crippen LogP contribution < -0.4 is 14.2 Å². The van der Waals surface area contributed by atoms with Gasteiger partial charge < -0.3 is 18.6 Å². The minimum absolute atomic E-state index is 0.186. The van der Waals surface area contributed by atoms with Gasteiger partial charge in [-0.3, -0.25) is 24.2 Å². The van der Waals surface area contributed by atoms with Gasteiger partial charge in [-0.1, -0.05) is 39.8 Å². The van der Waals surface area contributed by atoms with Gasteiger partial charge in [-0.05, 0) is 92.3 Å². The number of hydrogen-bond acceptors (Lipinski definition) is 9. The Hall–Kier alpha value is -4.73. The van der Waals surface area contributed by atoms with E-state index in [9.17, 15) is 14.4 Å². The number of carbonyl (C=O) groups is 3. The first-order chi connectivity index (χ1) is 21.9. The molecular formula is C36H38N2O7. The molecule has 45 heavy (non-hydrogen) atoms. The Bertz CT molecular complexity index is 1670. The van der Waals surface area contributed by atoms with Gasteiger partial charge in [0, 0.05) is 22.6 Å². The van der Waals surface area contributed by atoms with Crippen LogP contribution >= 0.6 is 0 Å². The van der Waals surface area contributed by atoms with Gasteiger partial charge >= 0.3 is 0 Å². The van der Waals surface area contributed by atoms with Crippen molar-refractivity contribution in [3.63, 3.8) is 0 Å². The Balaban J connectivity index is 1.50. The average Bonchev–Trinajstić information content (AvgIpc) is 3.45. The zero-order valence-electron chi connectivity index (χ0n) is 26.0. The van der Waals surface area contributed by atoms with E-state index in [1.54, 1.807) is 42.7 Å². The highest BCUT2D eigenvalue weighted by Crippen LogP contribution is 2.40. The van der Waals surface area contributed by atoms with Crippen LogP contribution in [0.1, 0.15) is 49.4 Å². The standard InChI is InChI=1S/C36H38N2O7/c1-5-37(6-2)32(22-39)43-27-15-11-24(12-16-27)34-29-20-26-10-9-19-42-30(26)21-31(29)45-36(34)35(41)25-13-17-28(18-14-25)44-33(23-40)38(7-3)8-4/h9,11-23,32-33H,5-8,10H2,1-4H3. The van der Waals surface area contributed by atoms with Gasteiger partial charge in [0.2, 0.25) is 18.2 Å². The molecule has 0 aliphatic carbocycles. The summed E-state index contributed by atoms with van der Waals surface area (Å²) in [6.45, 7) is 10.6. The highest BCUT2D eigenvalue weighted by molar-refractivity contribution is 6.16. The van der Waals surface area contributed by atoms with E-state index in [1.165, 1.54) is 0 Å². The van der Waals surface area contributed by atoms with E-state index in [1.807, 2.05) is 67.8 Å². The molecule has 9 nitrogen and oxygen atoms in total. The number of ketones is 1. The van der Waals surface area contributed by atoms with Crippen LogP contribution in [0.15, 0.2) is 77.4 Å². The monoisotopic (exact) mass is 610 g/mol. The predicted octanol–water partition coefficient (Wildman–Crippen LogP) is 6.27. The van der Waals surface area contributed by atoms with E-state index in [4.69, 9.17) is 18.6 Å². The van der Waals surface area contributed by atoms with Crippen LogP contribution in [0.5, 0.6) is 17.2 Å². The molecule has 2 heterocycles. The lowest BCUT2D eigenvalue weighted by molar-refractivity contribution is -0.121. The SMILES string of the molecule is CCN(CC)C(C=O)Oc1ccc(C(=O)c2oc3cc4c(cc3c2-c2ccc(OC(C=O)N(CC)CC)cc2)CC=CO4)cc1. The maximum absolute atomic E-state index is 14.0. The second-order valence-electron chi connectivity index (χ2n) is 10.6. The summed E-state index contributed by atoms with van der Waals surface area (Å²) in [5.41, 5.74) is 3.33. The predicted molar refractivity (Wildman–Crippen MR) is 172 cm³/mol. The van der Waals surface area contributed by atoms with Gasteiger partial charge in [0.25, 0.3) is 0 Å². The molecular weight excluding hydrogens is 572 g/mol. The fourth-order valence-electron chi connectivity index (χ4n) is 5.52. The van der Waals surface area contributed by atoms with Gasteiger partial charge in [-0.25, -0.2) is 0 Å². The van der Waals surface area contributed by atoms with Crippen molar-refractivity contribution in [2.24, 2.45) is 0 Å². The summed E-state index contributed by atoms with van der Waals surface area (Å²) in [5, 5.41) is 0.784. The molecule has 9 heteroatoms. The van der Waals surface area contributed by atoms with E-state index >= 15 is 0 Å². The molecule has 0 saturated heterocycles. The van der Waals surface area contributed by atoms with E-state index < -0.39 is 12.5 Å². The Kier molecular flexibility index (Phi) is 10.1. The largest absolute Gasteiger partial charge is 0.468 e. The molecule has 1 aliphatic heterocycles. The van der Waals surface area contributed by atoms with Crippen molar-refractivity contribution in [1.82, 2.24) is 9.80 Å². The maximum Gasteiger partial charge on any atom is 0.228 e. The van der Waals surface area contributed by atoms with Gasteiger partial charge in [0.1, 0.15) is 22.8 Å². The van der Waals surface area contributed by atoms with E-state index in [0.29, 0.717) is 66.6 Å². The summed E-state index contributed by atoms with van der Waals surface area (Å²) < 4.78 is 23.8. The highest BCUT2D eigenvalue weighted by Gasteiger charge is 2.26. The third-order valence-corrected chi connectivity index (χ3v) is 8.06. The van der Waals surface area contributed by atoms with Crippen LogP contribution in [-0.4, -0.2) is 66.8 Å². The summed E-state index contributed by atoms with van der Waals surface area (Å²) in [7, 11) is 0. The smallest absolute Gasteiger partial charge is 0.228 e. The molecule has 2 unspecified atom stereocenters. The van der Waals surface area contributed by atoms with Crippen molar-refractivity contribution in [2.45, 2.75) is 46.6 Å². The minimum Gasteiger partial charge on any atom is -0.468 e. The normalized spacial score (nSPS) is 13.7. The van der Waals surface area contributed by atoms with Crippen molar-refractivity contribution in [3.8, 4) is 28.4 Å². The Morgan fingerprint density at radius 2 is 1.38 bits per heavy atom. The number of allylic oxidation sites excluding steroid dienone is 1. The fourth-order valence-corrected chi connectivity index (χ4v) is 5.52. The van der Waals surface area contributed by atoms with Gasteiger partial charge in [0.05, 0.1) is 6.26 Å². The number of benzene rings is 3. The summed E-state index contributed by atoms with van der Waals surface area (Å²) in [5.74, 6) is 1.58. The number of furan rings is 1. The highest BCUT2D eigenvalue weighted by atomic mass is 16.5. The summed E-state index contributed by atoms with van der Waals surface area (Å²) in [4.78, 5) is 41.2. The molecule has 234 valence electrons. The van der Waals surface area contributed by atoms with Crippen molar-refractivity contribution in [1.29, 1.82) is 0 Å². The van der Waals surface area contributed by atoms with Crippen LogP contribution in [0.2, 0.25) is 0 Å². The first kappa shape index (κ1) is 31.7. The fraction of sp³-hybridized carbons (Fsp3) is 0.306. The first-order valence-corrected chi connectivity index (χ1v) is 15.3. The number of fused-ring (bicyclic) bond motifs is 2. The molecule has 0 spiro atoms. The molecule has 1 aromatic heterocycles. The lowest BCUT2D eigenvalue weighted by Gasteiger charge is -2.25. The molecule has 1 aliphatic rings. The lowest BCUT2D eigenvalue weighted by Crippen LogP contribution is -2.40. The van der Waals surface area contributed by atoms with Gasteiger partial charge in [-0.2, -0.15) is 0 Å². The molecule has 0 radical (unpaired) electrons. The molecule has 5 rings (SSSR count). The van der Waals surface area contributed by atoms with Crippen LogP contribution in [0.4, 0.5) is 0 Å². The third kappa shape index (κ3) is 6.69.